The van der Waals surface area contributed by atoms with E-state index in [-0.39, 0.29) is 20.1 Å². The van der Waals surface area contributed by atoms with Crippen molar-refractivity contribution >= 4 is 0 Å². The fourth-order valence-corrected chi connectivity index (χ4v) is 4.24. The molecule has 0 bridgehead atoms. The first-order valence-electron chi connectivity index (χ1n) is 9.23. The van der Waals surface area contributed by atoms with Crippen LogP contribution in [0, 0.1) is 17.9 Å². The summed E-state index contributed by atoms with van der Waals surface area (Å²) in [6.45, 7) is 4.72. The van der Waals surface area contributed by atoms with Gasteiger partial charge in [0, 0.05) is 31.7 Å². The minimum Gasteiger partial charge on any atom is -0.320 e. The largest absolute Gasteiger partial charge is 0.320 e. The first kappa shape index (κ1) is 19.0. The van der Waals surface area contributed by atoms with Gasteiger partial charge in [-0.25, -0.2) is 0 Å². The minimum absolute atomic E-state index is 0. The average Bonchev–Trinajstić information content (AvgIpc) is 3.08. The summed E-state index contributed by atoms with van der Waals surface area (Å²) in [5.41, 5.74) is 2.11. The Labute approximate surface area is 169 Å². The summed E-state index contributed by atoms with van der Waals surface area (Å²) in [6, 6.07) is 21.8. The number of nitrogens with zero attached hydrogens (tertiary/aromatic N) is 3. The molecule has 2 unspecified atom stereocenters. The van der Waals surface area contributed by atoms with E-state index < -0.39 is 0 Å². The van der Waals surface area contributed by atoms with Crippen LogP contribution in [0.15, 0.2) is 54.6 Å². The van der Waals surface area contributed by atoms with Crippen molar-refractivity contribution in [1.82, 2.24) is 14.8 Å². The van der Waals surface area contributed by atoms with Crippen molar-refractivity contribution in [3.63, 3.8) is 0 Å². The monoisotopic (exact) mass is 523 g/mol. The molecule has 0 amide bonds. The summed E-state index contributed by atoms with van der Waals surface area (Å²) in [4.78, 5) is 0. The van der Waals surface area contributed by atoms with Gasteiger partial charge in [0.25, 0.3) is 0 Å². The van der Waals surface area contributed by atoms with Gasteiger partial charge in [-0.2, -0.15) is 5.10 Å². The van der Waals surface area contributed by atoms with E-state index in [1.165, 1.54) is 19.3 Å². The zero-order valence-electron chi connectivity index (χ0n) is 15.2. The second-order valence-corrected chi connectivity index (χ2v) is 7.24. The number of para-hydroxylation sites is 1. The Morgan fingerprint density at radius 1 is 0.923 bits per heavy atom. The second-order valence-electron chi connectivity index (χ2n) is 7.24. The Balaban J connectivity index is 0.00000196. The molecular weight excluding hydrogens is 498 g/mol. The van der Waals surface area contributed by atoms with Crippen LogP contribution in [0.25, 0.3) is 17.1 Å². The topological polar surface area (TPSA) is 30.7 Å². The second kappa shape index (κ2) is 8.28. The number of hydrogen-bond donors (Lipinski definition) is 0. The molecule has 1 aliphatic carbocycles. The molecular formula is C22H24IrN3-. The fraction of sp³-hybridized carbons (Fsp3) is 0.364. The first-order chi connectivity index (χ1) is 12.3. The van der Waals surface area contributed by atoms with Crippen LogP contribution in [0.2, 0.25) is 0 Å². The van der Waals surface area contributed by atoms with E-state index in [0.29, 0.717) is 17.8 Å². The Morgan fingerprint density at radius 3 is 2.27 bits per heavy atom. The van der Waals surface area contributed by atoms with Crippen LogP contribution in [-0.2, 0) is 20.1 Å². The van der Waals surface area contributed by atoms with Gasteiger partial charge in [-0.05, 0) is 36.8 Å². The summed E-state index contributed by atoms with van der Waals surface area (Å²) < 4.78 is 2.24. The molecule has 0 saturated heterocycles. The fourth-order valence-electron chi connectivity index (χ4n) is 4.24. The maximum Gasteiger partial charge on any atom is 0.132 e. The molecule has 26 heavy (non-hydrogen) atoms. The molecule has 1 fully saturated rings. The molecule has 1 aliphatic rings. The summed E-state index contributed by atoms with van der Waals surface area (Å²) in [5.74, 6) is 3.68. The summed E-state index contributed by atoms with van der Waals surface area (Å²) in [7, 11) is 0. The van der Waals surface area contributed by atoms with Crippen LogP contribution in [0.4, 0.5) is 0 Å². The van der Waals surface area contributed by atoms with Crippen LogP contribution in [0.5, 0.6) is 0 Å². The predicted molar refractivity (Wildman–Crippen MR) is 101 cm³/mol. The number of aromatic nitrogens is 3. The van der Waals surface area contributed by atoms with E-state index in [0.717, 1.165) is 22.9 Å². The SMILES string of the molecule is CC1CCCC(C)C1c1nnc(-c2[c-]cccc2)n1-c1ccccc1.[Ir]. The van der Waals surface area contributed by atoms with Gasteiger partial charge in [-0.1, -0.05) is 38.5 Å². The molecule has 3 nitrogen and oxygen atoms in total. The van der Waals surface area contributed by atoms with Crippen molar-refractivity contribution in [3.05, 3.63) is 66.5 Å². The molecule has 1 saturated carbocycles. The Morgan fingerprint density at radius 2 is 1.62 bits per heavy atom. The quantitative estimate of drug-likeness (QED) is 0.439. The third-order valence-electron chi connectivity index (χ3n) is 5.50. The smallest absolute Gasteiger partial charge is 0.132 e. The zero-order valence-corrected chi connectivity index (χ0v) is 17.6. The van der Waals surface area contributed by atoms with Gasteiger partial charge in [0.15, 0.2) is 0 Å². The van der Waals surface area contributed by atoms with Gasteiger partial charge in [0.2, 0.25) is 0 Å². The summed E-state index contributed by atoms with van der Waals surface area (Å²) in [5, 5.41) is 9.27. The molecule has 2 atom stereocenters. The maximum absolute atomic E-state index is 4.69. The molecule has 137 valence electrons. The van der Waals surface area contributed by atoms with Crippen molar-refractivity contribution in [2.75, 3.05) is 0 Å². The molecule has 0 N–H and O–H groups in total. The van der Waals surface area contributed by atoms with Crippen LogP contribution in [-0.4, -0.2) is 14.8 Å². The van der Waals surface area contributed by atoms with E-state index in [1.807, 2.05) is 24.3 Å². The summed E-state index contributed by atoms with van der Waals surface area (Å²) in [6.07, 6.45) is 3.85. The first-order valence-corrected chi connectivity index (χ1v) is 9.23. The van der Waals surface area contributed by atoms with Crippen LogP contribution < -0.4 is 0 Å². The molecule has 3 aromatic rings. The van der Waals surface area contributed by atoms with Gasteiger partial charge in [0.05, 0.1) is 5.82 Å². The van der Waals surface area contributed by atoms with E-state index >= 15 is 0 Å². The van der Waals surface area contributed by atoms with E-state index in [9.17, 15) is 0 Å². The zero-order chi connectivity index (χ0) is 17.2. The van der Waals surface area contributed by atoms with Crippen LogP contribution in [0.1, 0.15) is 44.9 Å². The normalized spacial score (nSPS) is 22.6. The van der Waals surface area contributed by atoms with E-state index in [4.69, 9.17) is 0 Å². The third kappa shape index (κ3) is 3.54. The van der Waals surface area contributed by atoms with Crippen molar-refractivity contribution in [3.8, 4) is 17.1 Å². The molecule has 1 radical (unpaired) electrons. The Hall–Kier alpha value is -1.77. The van der Waals surface area contributed by atoms with Gasteiger partial charge in [-0.15, -0.1) is 41.0 Å². The summed E-state index contributed by atoms with van der Waals surface area (Å²) >= 11 is 0. The molecule has 0 spiro atoms. The van der Waals surface area contributed by atoms with Gasteiger partial charge >= 0.3 is 0 Å². The molecule has 1 heterocycles. The average molecular weight is 523 g/mol. The molecule has 4 heteroatoms. The van der Waals surface area contributed by atoms with Gasteiger partial charge < -0.3 is 4.57 Å². The van der Waals surface area contributed by atoms with Crippen LogP contribution in [0.3, 0.4) is 0 Å². The van der Waals surface area contributed by atoms with Crippen molar-refractivity contribution < 1.29 is 20.1 Å². The Bertz CT molecular complexity index is 819. The number of rotatable bonds is 3. The van der Waals surface area contributed by atoms with E-state index in [2.05, 4.69) is 65.0 Å². The van der Waals surface area contributed by atoms with Crippen molar-refractivity contribution in [2.45, 2.75) is 39.0 Å². The Kier molecular flexibility index (Phi) is 6.05. The predicted octanol–water partition coefficient (Wildman–Crippen LogP) is 5.27. The standard InChI is InChI=1S/C22H24N3.Ir/c1-16-10-9-11-17(2)20(16)22-24-23-21(18-12-5-3-6-13-18)25(22)19-14-7-4-8-15-19;/h3-8,12,14-17,20H,9-11H2,1-2H3;/q-1;. The maximum atomic E-state index is 4.69. The van der Waals surface area contributed by atoms with Gasteiger partial charge in [0.1, 0.15) is 5.82 Å². The van der Waals surface area contributed by atoms with Crippen molar-refractivity contribution in [1.29, 1.82) is 0 Å². The van der Waals surface area contributed by atoms with Crippen LogP contribution >= 0.6 is 0 Å². The molecule has 1 aromatic heterocycles. The molecule has 4 rings (SSSR count). The molecule has 2 aromatic carbocycles. The third-order valence-corrected chi connectivity index (χ3v) is 5.50. The number of hydrogen-bond acceptors (Lipinski definition) is 2. The molecule has 0 aliphatic heterocycles. The van der Waals surface area contributed by atoms with Crippen molar-refractivity contribution in [2.24, 2.45) is 11.8 Å². The van der Waals surface area contributed by atoms with Gasteiger partial charge in [-0.3, -0.25) is 0 Å². The minimum atomic E-state index is 0. The number of benzene rings is 2. The van der Waals surface area contributed by atoms with E-state index in [1.54, 1.807) is 0 Å².